The first kappa shape index (κ1) is 14.4. The lowest BCUT2D eigenvalue weighted by molar-refractivity contribution is 0.0691. The highest BCUT2D eigenvalue weighted by molar-refractivity contribution is 5.92. The van der Waals surface area contributed by atoms with Crippen LogP contribution in [0.15, 0.2) is 18.2 Å². The van der Waals surface area contributed by atoms with Crippen LogP contribution in [0.4, 0.5) is 0 Å². The molecule has 1 rings (SSSR count). The van der Waals surface area contributed by atoms with Crippen molar-refractivity contribution in [3.8, 4) is 11.5 Å². The van der Waals surface area contributed by atoms with E-state index in [2.05, 4.69) is 6.92 Å². The number of rotatable bonds is 8. The Labute approximate surface area is 108 Å². The van der Waals surface area contributed by atoms with Gasteiger partial charge in [-0.05, 0) is 25.5 Å². The van der Waals surface area contributed by atoms with Gasteiger partial charge in [0.25, 0.3) is 0 Å². The van der Waals surface area contributed by atoms with E-state index in [0.717, 1.165) is 19.3 Å². The van der Waals surface area contributed by atoms with Gasteiger partial charge in [0, 0.05) is 0 Å². The summed E-state index contributed by atoms with van der Waals surface area (Å²) in [5.41, 5.74) is 0.150. The van der Waals surface area contributed by atoms with Crippen molar-refractivity contribution < 1.29 is 19.4 Å². The van der Waals surface area contributed by atoms with Gasteiger partial charge in [-0.25, -0.2) is 4.79 Å². The van der Waals surface area contributed by atoms with Crippen molar-refractivity contribution in [2.75, 3.05) is 13.2 Å². The zero-order chi connectivity index (χ0) is 13.4. The SMILES string of the molecule is CCCCCOc1c(OCC)cccc1C(=O)O. The van der Waals surface area contributed by atoms with Crippen LogP contribution < -0.4 is 9.47 Å². The van der Waals surface area contributed by atoms with Crippen molar-refractivity contribution in [2.45, 2.75) is 33.1 Å². The molecule has 18 heavy (non-hydrogen) atoms. The molecule has 0 aromatic heterocycles. The number of carboxylic acid groups (broad SMARTS) is 1. The number of hydrogen-bond donors (Lipinski definition) is 1. The molecule has 4 nitrogen and oxygen atoms in total. The van der Waals surface area contributed by atoms with Crippen LogP contribution in [0.3, 0.4) is 0 Å². The molecular formula is C14H20O4. The van der Waals surface area contributed by atoms with Crippen molar-refractivity contribution in [3.63, 3.8) is 0 Å². The Kier molecular flexibility index (Phi) is 6.05. The van der Waals surface area contributed by atoms with Gasteiger partial charge < -0.3 is 14.6 Å². The first-order valence-electron chi connectivity index (χ1n) is 6.32. The minimum absolute atomic E-state index is 0.150. The van der Waals surface area contributed by atoms with Gasteiger partial charge in [0.05, 0.1) is 13.2 Å². The molecule has 0 aliphatic carbocycles. The third kappa shape index (κ3) is 3.95. The van der Waals surface area contributed by atoms with E-state index in [4.69, 9.17) is 14.6 Å². The Morgan fingerprint density at radius 2 is 2.00 bits per heavy atom. The van der Waals surface area contributed by atoms with E-state index < -0.39 is 5.97 Å². The van der Waals surface area contributed by atoms with Crippen molar-refractivity contribution in [1.29, 1.82) is 0 Å². The molecule has 0 aliphatic rings. The van der Waals surface area contributed by atoms with Crippen molar-refractivity contribution in [2.24, 2.45) is 0 Å². The number of benzene rings is 1. The number of unbranched alkanes of at least 4 members (excludes halogenated alkanes) is 2. The predicted molar refractivity (Wildman–Crippen MR) is 69.6 cm³/mol. The van der Waals surface area contributed by atoms with Crippen molar-refractivity contribution in [3.05, 3.63) is 23.8 Å². The molecular weight excluding hydrogens is 232 g/mol. The molecule has 0 radical (unpaired) electrons. The monoisotopic (exact) mass is 252 g/mol. The second-order valence-electron chi connectivity index (χ2n) is 3.93. The molecule has 0 bridgehead atoms. The molecule has 0 fully saturated rings. The van der Waals surface area contributed by atoms with Gasteiger partial charge in [-0.3, -0.25) is 0 Å². The topological polar surface area (TPSA) is 55.8 Å². The molecule has 0 saturated heterocycles. The molecule has 0 heterocycles. The number of aromatic carboxylic acids is 1. The first-order chi connectivity index (χ1) is 8.70. The molecule has 0 saturated carbocycles. The summed E-state index contributed by atoms with van der Waals surface area (Å²) in [5, 5.41) is 9.13. The second-order valence-corrected chi connectivity index (χ2v) is 3.93. The van der Waals surface area contributed by atoms with E-state index in [1.807, 2.05) is 6.92 Å². The Morgan fingerprint density at radius 1 is 1.22 bits per heavy atom. The highest BCUT2D eigenvalue weighted by Gasteiger charge is 2.16. The first-order valence-corrected chi connectivity index (χ1v) is 6.32. The maximum absolute atomic E-state index is 11.1. The van der Waals surface area contributed by atoms with Crippen molar-refractivity contribution >= 4 is 5.97 Å². The Bertz CT molecular complexity index is 387. The minimum Gasteiger partial charge on any atom is -0.490 e. The molecule has 4 heteroatoms. The number of carboxylic acids is 1. The largest absolute Gasteiger partial charge is 0.490 e. The summed E-state index contributed by atoms with van der Waals surface area (Å²) in [6.45, 7) is 4.96. The highest BCUT2D eigenvalue weighted by atomic mass is 16.5. The molecule has 0 aliphatic heterocycles. The summed E-state index contributed by atoms with van der Waals surface area (Å²) in [5.74, 6) is -0.168. The zero-order valence-electron chi connectivity index (χ0n) is 10.9. The van der Waals surface area contributed by atoms with Crippen LogP contribution in [-0.4, -0.2) is 24.3 Å². The lowest BCUT2D eigenvalue weighted by atomic mass is 10.2. The second kappa shape index (κ2) is 7.58. The van der Waals surface area contributed by atoms with E-state index in [1.54, 1.807) is 12.1 Å². The van der Waals surface area contributed by atoms with Gasteiger partial charge in [-0.1, -0.05) is 25.8 Å². The summed E-state index contributed by atoms with van der Waals surface area (Å²) in [6, 6.07) is 4.92. The van der Waals surface area contributed by atoms with Gasteiger partial charge in [0.2, 0.25) is 0 Å². The van der Waals surface area contributed by atoms with Crippen molar-refractivity contribution in [1.82, 2.24) is 0 Å². The molecule has 0 atom stereocenters. The third-order valence-electron chi connectivity index (χ3n) is 2.50. The van der Waals surface area contributed by atoms with Crippen LogP contribution in [0.5, 0.6) is 11.5 Å². The van der Waals surface area contributed by atoms with E-state index in [1.165, 1.54) is 6.07 Å². The van der Waals surface area contributed by atoms with Crippen LogP contribution in [0, 0.1) is 0 Å². The lowest BCUT2D eigenvalue weighted by Gasteiger charge is -2.13. The van der Waals surface area contributed by atoms with Gasteiger partial charge in [-0.2, -0.15) is 0 Å². The Balaban J connectivity index is 2.85. The van der Waals surface area contributed by atoms with E-state index in [-0.39, 0.29) is 5.56 Å². The molecule has 0 amide bonds. The fourth-order valence-corrected chi connectivity index (χ4v) is 1.63. The minimum atomic E-state index is -0.998. The molecule has 1 aromatic carbocycles. The summed E-state index contributed by atoms with van der Waals surface area (Å²) >= 11 is 0. The number of ether oxygens (including phenoxy) is 2. The standard InChI is InChI=1S/C14H20O4/c1-3-5-6-10-18-13-11(14(15)16)8-7-9-12(13)17-4-2/h7-9H,3-6,10H2,1-2H3,(H,15,16). The molecule has 0 spiro atoms. The van der Waals surface area contributed by atoms with Gasteiger partial charge in [0.15, 0.2) is 11.5 Å². The fourth-order valence-electron chi connectivity index (χ4n) is 1.63. The molecule has 100 valence electrons. The summed E-state index contributed by atoms with van der Waals surface area (Å²) in [6.07, 6.45) is 3.08. The maximum atomic E-state index is 11.1. The fraction of sp³-hybridized carbons (Fsp3) is 0.500. The maximum Gasteiger partial charge on any atom is 0.339 e. The lowest BCUT2D eigenvalue weighted by Crippen LogP contribution is -2.07. The smallest absolute Gasteiger partial charge is 0.339 e. The average Bonchev–Trinajstić information content (AvgIpc) is 2.36. The zero-order valence-corrected chi connectivity index (χ0v) is 10.9. The Hall–Kier alpha value is -1.71. The van der Waals surface area contributed by atoms with E-state index in [0.29, 0.717) is 24.7 Å². The molecule has 1 N–H and O–H groups in total. The van der Waals surface area contributed by atoms with Gasteiger partial charge >= 0.3 is 5.97 Å². The van der Waals surface area contributed by atoms with Gasteiger partial charge in [0.1, 0.15) is 5.56 Å². The number of carbonyl (C=O) groups is 1. The molecule has 1 aromatic rings. The van der Waals surface area contributed by atoms with Crippen LogP contribution in [0.25, 0.3) is 0 Å². The third-order valence-corrected chi connectivity index (χ3v) is 2.50. The summed E-state index contributed by atoms with van der Waals surface area (Å²) in [4.78, 5) is 11.1. The van der Waals surface area contributed by atoms with E-state index >= 15 is 0 Å². The number of hydrogen-bond acceptors (Lipinski definition) is 3. The number of para-hydroxylation sites is 1. The van der Waals surface area contributed by atoms with E-state index in [9.17, 15) is 4.79 Å². The summed E-state index contributed by atoms with van der Waals surface area (Å²) in [7, 11) is 0. The average molecular weight is 252 g/mol. The molecule has 0 unspecified atom stereocenters. The van der Waals surface area contributed by atoms with Crippen LogP contribution in [0.1, 0.15) is 43.5 Å². The normalized spacial score (nSPS) is 10.1. The van der Waals surface area contributed by atoms with Crippen LogP contribution in [0.2, 0.25) is 0 Å². The van der Waals surface area contributed by atoms with Gasteiger partial charge in [-0.15, -0.1) is 0 Å². The van der Waals surface area contributed by atoms with Crippen LogP contribution >= 0.6 is 0 Å². The quantitative estimate of drug-likeness (QED) is 0.721. The highest BCUT2D eigenvalue weighted by Crippen LogP contribution is 2.31. The predicted octanol–water partition coefficient (Wildman–Crippen LogP) is 3.35. The Morgan fingerprint density at radius 3 is 2.61 bits per heavy atom. The summed E-state index contributed by atoms with van der Waals surface area (Å²) < 4.78 is 11.0. The van der Waals surface area contributed by atoms with Crippen LogP contribution in [-0.2, 0) is 0 Å².